The first kappa shape index (κ1) is 19.7. The molecule has 1 fully saturated rings. The second-order valence-electron chi connectivity index (χ2n) is 6.62. The lowest BCUT2D eigenvalue weighted by Crippen LogP contribution is -2.46. The number of hydrogen-bond acceptors (Lipinski definition) is 4. The molecule has 0 bridgehead atoms. The van der Waals surface area contributed by atoms with Crippen LogP contribution in [0.4, 0.5) is 4.79 Å². The summed E-state index contributed by atoms with van der Waals surface area (Å²) in [6.45, 7) is 6.88. The maximum absolute atomic E-state index is 12.6. The third-order valence-corrected chi connectivity index (χ3v) is 6.41. The summed E-state index contributed by atoms with van der Waals surface area (Å²) in [6, 6.07) is 4.34. The standard InChI is InChI=1S/C18H28N2O4S/c1-4-15(20-18(21)19-11-16-6-5-9-24-16)12-25(22,23)17-8-7-13(2)14(3)10-17/h7-8,10,15-16H,4-6,9,11-12H2,1-3H3,(H2,19,20,21)/t15-,16-/m0/s1. The highest BCUT2D eigenvalue weighted by molar-refractivity contribution is 7.91. The fourth-order valence-corrected chi connectivity index (χ4v) is 4.45. The minimum atomic E-state index is -3.45. The molecule has 0 aromatic heterocycles. The van der Waals surface area contributed by atoms with Crippen LogP contribution in [0.1, 0.15) is 37.3 Å². The normalized spacial score (nSPS) is 18.8. The molecule has 6 nitrogen and oxygen atoms in total. The summed E-state index contributed by atoms with van der Waals surface area (Å²) in [4.78, 5) is 12.3. The second-order valence-corrected chi connectivity index (χ2v) is 8.66. The van der Waals surface area contributed by atoms with E-state index in [1.807, 2.05) is 26.8 Å². The molecule has 2 amide bonds. The van der Waals surface area contributed by atoms with Crippen molar-refractivity contribution in [2.75, 3.05) is 18.9 Å². The van der Waals surface area contributed by atoms with Gasteiger partial charge in [-0.1, -0.05) is 13.0 Å². The molecule has 1 aliphatic rings. The van der Waals surface area contributed by atoms with E-state index in [1.165, 1.54) is 0 Å². The number of hydrogen-bond donors (Lipinski definition) is 2. The molecule has 1 aliphatic heterocycles. The van der Waals surface area contributed by atoms with Gasteiger partial charge in [0, 0.05) is 19.2 Å². The van der Waals surface area contributed by atoms with Gasteiger partial charge in [-0.3, -0.25) is 0 Å². The first-order valence-electron chi connectivity index (χ1n) is 8.77. The van der Waals surface area contributed by atoms with E-state index >= 15 is 0 Å². The van der Waals surface area contributed by atoms with E-state index in [-0.39, 0.29) is 17.9 Å². The highest BCUT2D eigenvalue weighted by atomic mass is 32.2. The molecule has 0 radical (unpaired) electrons. The lowest BCUT2D eigenvalue weighted by Gasteiger charge is -2.19. The van der Waals surface area contributed by atoms with Crippen molar-refractivity contribution < 1.29 is 17.9 Å². The van der Waals surface area contributed by atoms with Crippen molar-refractivity contribution in [1.82, 2.24) is 10.6 Å². The van der Waals surface area contributed by atoms with Gasteiger partial charge in [0.1, 0.15) is 0 Å². The first-order valence-corrected chi connectivity index (χ1v) is 10.4. The summed E-state index contributed by atoms with van der Waals surface area (Å²) < 4.78 is 30.7. The Morgan fingerprint density at radius 2 is 2.08 bits per heavy atom. The van der Waals surface area contributed by atoms with Crippen LogP contribution < -0.4 is 10.6 Å². The predicted octanol–water partition coefficient (Wildman–Crippen LogP) is 2.33. The van der Waals surface area contributed by atoms with Gasteiger partial charge in [-0.15, -0.1) is 0 Å². The highest BCUT2D eigenvalue weighted by Crippen LogP contribution is 2.17. The van der Waals surface area contributed by atoms with E-state index in [1.54, 1.807) is 12.1 Å². The number of nitrogens with one attached hydrogen (secondary N) is 2. The van der Waals surface area contributed by atoms with Crippen LogP contribution in [0.2, 0.25) is 0 Å². The van der Waals surface area contributed by atoms with E-state index in [0.29, 0.717) is 17.9 Å². The highest BCUT2D eigenvalue weighted by Gasteiger charge is 2.23. The van der Waals surface area contributed by atoms with Crippen LogP contribution in [0.15, 0.2) is 23.1 Å². The van der Waals surface area contributed by atoms with Gasteiger partial charge in [0.2, 0.25) is 0 Å². The third kappa shape index (κ3) is 5.71. The number of sulfone groups is 1. The molecule has 0 unspecified atom stereocenters. The molecule has 2 rings (SSSR count). The number of carbonyl (C=O) groups excluding carboxylic acids is 1. The lowest BCUT2D eigenvalue weighted by atomic mass is 10.1. The third-order valence-electron chi connectivity index (χ3n) is 4.60. The molecule has 1 aromatic carbocycles. The largest absolute Gasteiger partial charge is 0.376 e. The maximum atomic E-state index is 12.6. The van der Waals surface area contributed by atoms with Crippen molar-refractivity contribution in [3.63, 3.8) is 0 Å². The van der Waals surface area contributed by atoms with Gasteiger partial charge in [0.15, 0.2) is 9.84 Å². The molecule has 1 heterocycles. The van der Waals surface area contributed by atoms with E-state index in [0.717, 1.165) is 30.6 Å². The zero-order valence-electron chi connectivity index (χ0n) is 15.2. The number of ether oxygens (including phenoxy) is 1. The Labute approximate surface area is 150 Å². The van der Waals surface area contributed by atoms with Crippen molar-refractivity contribution in [3.8, 4) is 0 Å². The van der Waals surface area contributed by atoms with Crippen LogP contribution >= 0.6 is 0 Å². The molecule has 0 aliphatic carbocycles. The average Bonchev–Trinajstić information content (AvgIpc) is 3.08. The summed E-state index contributed by atoms with van der Waals surface area (Å²) in [7, 11) is -3.45. The van der Waals surface area contributed by atoms with Crippen LogP contribution in [-0.2, 0) is 14.6 Å². The molecule has 0 saturated carbocycles. The van der Waals surface area contributed by atoms with Gasteiger partial charge in [-0.2, -0.15) is 0 Å². The first-order chi connectivity index (χ1) is 11.8. The summed E-state index contributed by atoms with van der Waals surface area (Å²) >= 11 is 0. The predicted molar refractivity (Wildman–Crippen MR) is 97.6 cm³/mol. The van der Waals surface area contributed by atoms with Crippen molar-refractivity contribution in [2.45, 2.75) is 57.1 Å². The Morgan fingerprint density at radius 1 is 1.32 bits per heavy atom. The molecule has 7 heteroatoms. The van der Waals surface area contributed by atoms with Crippen molar-refractivity contribution >= 4 is 15.9 Å². The number of urea groups is 1. The minimum absolute atomic E-state index is 0.0603. The number of aryl methyl sites for hydroxylation is 2. The Balaban J connectivity index is 1.92. The zero-order valence-corrected chi connectivity index (χ0v) is 16.0. The number of amides is 2. The summed E-state index contributed by atoms with van der Waals surface area (Å²) in [5.74, 6) is -0.112. The molecule has 2 N–H and O–H groups in total. The van der Waals surface area contributed by atoms with E-state index < -0.39 is 15.9 Å². The van der Waals surface area contributed by atoms with Crippen LogP contribution in [0.3, 0.4) is 0 Å². The molecule has 1 saturated heterocycles. The molecule has 0 spiro atoms. The van der Waals surface area contributed by atoms with Gasteiger partial charge in [0.25, 0.3) is 0 Å². The topological polar surface area (TPSA) is 84.5 Å². The summed E-state index contributed by atoms with van der Waals surface area (Å²) in [5.41, 5.74) is 1.99. The van der Waals surface area contributed by atoms with Gasteiger partial charge in [-0.05, 0) is 56.4 Å². The fourth-order valence-electron chi connectivity index (χ4n) is 2.78. The smallest absolute Gasteiger partial charge is 0.315 e. The Morgan fingerprint density at radius 3 is 2.68 bits per heavy atom. The SMILES string of the molecule is CC[C@@H](CS(=O)(=O)c1ccc(C)c(C)c1)NC(=O)NC[C@@H]1CCCO1. The number of carbonyl (C=O) groups is 1. The second kappa shape index (κ2) is 8.67. The minimum Gasteiger partial charge on any atom is -0.376 e. The average molecular weight is 368 g/mol. The molecule has 2 atom stereocenters. The molecule has 25 heavy (non-hydrogen) atoms. The van der Waals surface area contributed by atoms with Gasteiger partial charge >= 0.3 is 6.03 Å². The monoisotopic (exact) mass is 368 g/mol. The Kier molecular flexibility index (Phi) is 6.84. The van der Waals surface area contributed by atoms with Crippen molar-refractivity contribution in [2.24, 2.45) is 0 Å². The maximum Gasteiger partial charge on any atom is 0.315 e. The van der Waals surface area contributed by atoms with Crippen molar-refractivity contribution in [3.05, 3.63) is 29.3 Å². The Bertz CT molecular complexity index is 697. The number of benzene rings is 1. The van der Waals surface area contributed by atoms with E-state index in [4.69, 9.17) is 4.74 Å². The van der Waals surface area contributed by atoms with Gasteiger partial charge in [-0.25, -0.2) is 13.2 Å². The fraction of sp³-hybridized carbons (Fsp3) is 0.611. The van der Waals surface area contributed by atoms with Crippen LogP contribution in [0.5, 0.6) is 0 Å². The van der Waals surface area contributed by atoms with Crippen LogP contribution in [-0.4, -0.2) is 45.5 Å². The van der Waals surface area contributed by atoms with E-state index in [9.17, 15) is 13.2 Å². The van der Waals surface area contributed by atoms with E-state index in [2.05, 4.69) is 10.6 Å². The summed E-state index contributed by atoms with van der Waals surface area (Å²) in [5, 5.41) is 5.52. The summed E-state index contributed by atoms with van der Waals surface area (Å²) in [6.07, 6.45) is 2.56. The molecule has 140 valence electrons. The van der Waals surface area contributed by atoms with Crippen LogP contribution in [0.25, 0.3) is 0 Å². The lowest BCUT2D eigenvalue weighted by molar-refractivity contribution is 0.111. The van der Waals surface area contributed by atoms with Gasteiger partial charge < -0.3 is 15.4 Å². The zero-order chi connectivity index (χ0) is 18.4. The quantitative estimate of drug-likeness (QED) is 0.774. The molecular weight excluding hydrogens is 340 g/mol. The van der Waals surface area contributed by atoms with Crippen LogP contribution in [0, 0.1) is 13.8 Å². The molecule has 1 aromatic rings. The molecular formula is C18H28N2O4S. The number of rotatable bonds is 7. The van der Waals surface area contributed by atoms with Crippen molar-refractivity contribution in [1.29, 1.82) is 0 Å². The Hall–Kier alpha value is -1.60. The van der Waals surface area contributed by atoms with Gasteiger partial charge in [0.05, 0.1) is 16.8 Å².